The SMILES string of the molecule is COc1cc(N(C(=O)[C@H](C)N)C(=O)N(CCC2CCCCC2)c2ccccc2)c(O)c(C(C)(C)C)c1. The Morgan fingerprint density at radius 1 is 1.11 bits per heavy atom. The summed E-state index contributed by atoms with van der Waals surface area (Å²) in [5.74, 6) is 0.262. The van der Waals surface area contributed by atoms with E-state index in [2.05, 4.69) is 0 Å². The van der Waals surface area contributed by atoms with E-state index >= 15 is 0 Å². The van der Waals surface area contributed by atoms with Crippen LogP contribution < -0.4 is 20.3 Å². The van der Waals surface area contributed by atoms with Crippen LogP contribution in [-0.2, 0) is 10.2 Å². The van der Waals surface area contributed by atoms with Crippen molar-refractivity contribution in [2.75, 3.05) is 23.5 Å². The average molecular weight is 496 g/mol. The highest BCUT2D eigenvalue weighted by atomic mass is 16.5. The lowest BCUT2D eigenvalue weighted by atomic mass is 9.85. The van der Waals surface area contributed by atoms with Gasteiger partial charge in [-0.1, -0.05) is 71.1 Å². The number of phenolic OH excluding ortho intramolecular Hbond substituents is 1. The van der Waals surface area contributed by atoms with Gasteiger partial charge >= 0.3 is 6.03 Å². The van der Waals surface area contributed by atoms with Gasteiger partial charge in [-0.15, -0.1) is 0 Å². The van der Waals surface area contributed by atoms with Crippen molar-refractivity contribution >= 4 is 23.3 Å². The number of urea groups is 1. The number of benzene rings is 2. The fraction of sp³-hybridized carbons (Fsp3) is 0.517. The lowest BCUT2D eigenvalue weighted by Crippen LogP contribution is -2.52. The largest absolute Gasteiger partial charge is 0.505 e. The molecule has 2 aromatic carbocycles. The van der Waals surface area contributed by atoms with Gasteiger partial charge in [-0.2, -0.15) is 0 Å². The maximum atomic E-state index is 14.2. The molecule has 0 spiro atoms. The Morgan fingerprint density at radius 2 is 1.75 bits per heavy atom. The molecule has 0 heterocycles. The summed E-state index contributed by atoms with van der Waals surface area (Å²) in [4.78, 5) is 30.3. The summed E-state index contributed by atoms with van der Waals surface area (Å²) in [6, 6.07) is 11.1. The molecular formula is C29H41N3O4. The predicted molar refractivity (Wildman–Crippen MR) is 145 cm³/mol. The van der Waals surface area contributed by atoms with Gasteiger partial charge in [-0.25, -0.2) is 9.69 Å². The molecule has 36 heavy (non-hydrogen) atoms. The Labute approximate surface area is 215 Å². The molecular weight excluding hydrogens is 454 g/mol. The molecule has 1 saturated carbocycles. The minimum absolute atomic E-state index is 0.0742. The van der Waals surface area contributed by atoms with Crippen molar-refractivity contribution in [3.8, 4) is 11.5 Å². The Bertz CT molecular complexity index is 1040. The number of carbonyl (C=O) groups is 2. The molecule has 1 aliphatic carbocycles. The Hall–Kier alpha value is -3.06. The molecule has 3 N–H and O–H groups in total. The highest BCUT2D eigenvalue weighted by Gasteiger charge is 2.35. The molecule has 196 valence electrons. The van der Waals surface area contributed by atoms with E-state index in [1.807, 2.05) is 51.1 Å². The van der Waals surface area contributed by atoms with Crippen molar-refractivity contribution in [2.24, 2.45) is 11.7 Å². The van der Waals surface area contributed by atoms with Crippen LogP contribution >= 0.6 is 0 Å². The number of aromatic hydroxyl groups is 1. The zero-order chi connectivity index (χ0) is 26.5. The van der Waals surface area contributed by atoms with Crippen molar-refractivity contribution < 1.29 is 19.4 Å². The van der Waals surface area contributed by atoms with Crippen LogP contribution in [0.1, 0.15) is 71.8 Å². The van der Waals surface area contributed by atoms with E-state index in [1.165, 1.54) is 32.4 Å². The number of amides is 3. The topological polar surface area (TPSA) is 96.1 Å². The number of nitrogens with zero attached hydrogens (tertiary/aromatic N) is 2. The highest BCUT2D eigenvalue weighted by molar-refractivity contribution is 6.21. The fourth-order valence-corrected chi connectivity index (χ4v) is 4.82. The molecule has 0 unspecified atom stereocenters. The van der Waals surface area contributed by atoms with Crippen molar-refractivity contribution in [3.05, 3.63) is 48.0 Å². The smallest absolute Gasteiger partial charge is 0.336 e. The minimum atomic E-state index is -0.950. The summed E-state index contributed by atoms with van der Waals surface area (Å²) in [5, 5.41) is 11.3. The number of ether oxygens (including phenoxy) is 1. The Balaban J connectivity index is 2.09. The third-order valence-electron chi connectivity index (χ3n) is 6.93. The standard InChI is InChI=1S/C29H41N3O4/c1-20(30)27(34)32(25-19-23(36-5)18-24(26(25)33)29(2,3)4)28(35)31(22-14-10-7-11-15-22)17-16-21-12-8-6-9-13-21/h7,10-11,14-15,18-21,33H,6,8-9,12-13,16-17,30H2,1-5H3/t20-/m0/s1. The number of anilines is 2. The van der Waals surface area contributed by atoms with Crippen LogP contribution in [0.4, 0.5) is 16.2 Å². The second-order valence-electron chi connectivity index (χ2n) is 10.8. The first-order valence-corrected chi connectivity index (χ1v) is 12.9. The van der Waals surface area contributed by atoms with E-state index in [4.69, 9.17) is 10.5 Å². The number of nitrogens with two attached hydrogens (primary N) is 1. The molecule has 3 rings (SSSR count). The molecule has 0 bridgehead atoms. The van der Waals surface area contributed by atoms with Gasteiger partial charge in [-0.3, -0.25) is 9.69 Å². The molecule has 2 aromatic rings. The van der Waals surface area contributed by atoms with Crippen LogP contribution in [0.3, 0.4) is 0 Å². The minimum Gasteiger partial charge on any atom is -0.505 e. The maximum absolute atomic E-state index is 14.2. The summed E-state index contributed by atoms with van der Waals surface area (Å²) in [7, 11) is 1.52. The van der Waals surface area contributed by atoms with E-state index in [9.17, 15) is 14.7 Å². The van der Waals surface area contributed by atoms with Crippen LogP contribution in [0.25, 0.3) is 0 Å². The number of methoxy groups -OCH3 is 1. The van der Waals surface area contributed by atoms with E-state index < -0.39 is 23.4 Å². The number of para-hydroxylation sites is 1. The van der Waals surface area contributed by atoms with Crippen LogP contribution in [0.2, 0.25) is 0 Å². The second kappa shape index (κ2) is 11.8. The van der Waals surface area contributed by atoms with Gasteiger partial charge in [0, 0.05) is 23.9 Å². The first-order valence-electron chi connectivity index (χ1n) is 12.9. The number of imide groups is 1. The molecule has 7 heteroatoms. The first kappa shape index (κ1) is 27.5. The van der Waals surface area contributed by atoms with Gasteiger partial charge in [0.15, 0.2) is 0 Å². The molecule has 1 aliphatic rings. The third kappa shape index (κ3) is 6.38. The van der Waals surface area contributed by atoms with Crippen LogP contribution in [0.15, 0.2) is 42.5 Å². The molecule has 0 radical (unpaired) electrons. The fourth-order valence-electron chi connectivity index (χ4n) is 4.82. The molecule has 0 saturated heterocycles. The van der Waals surface area contributed by atoms with Gasteiger partial charge in [0.1, 0.15) is 11.5 Å². The first-order chi connectivity index (χ1) is 17.0. The average Bonchev–Trinajstić information content (AvgIpc) is 2.85. The monoisotopic (exact) mass is 495 g/mol. The normalized spacial score (nSPS) is 15.3. The number of rotatable bonds is 7. The summed E-state index contributed by atoms with van der Waals surface area (Å²) in [6.45, 7) is 7.86. The lowest BCUT2D eigenvalue weighted by Gasteiger charge is -2.33. The molecule has 7 nitrogen and oxygen atoms in total. The van der Waals surface area contributed by atoms with E-state index in [1.54, 1.807) is 17.9 Å². The second-order valence-corrected chi connectivity index (χ2v) is 10.8. The van der Waals surface area contributed by atoms with E-state index in [-0.39, 0.29) is 11.4 Å². The number of phenols is 1. The van der Waals surface area contributed by atoms with E-state index in [0.717, 1.165) is 24.2 Å². The van der Waals surface area contributed by atoms with Gasteiger partial charge in [0.25, 0.3) is 5.91 Å². The van der Waals surface area contributed by atoms with Crippen molar-refractivity contribution in [1.29, 1.82) is 0 Å². The summed E-state index contributed by atoms with van der Waals surface area (Å²) >= 11 is 0. The van der Waals surface area contributed by atoms with Gasteiger partial charge in [0.05, 0.1) is 18.8 Å². The van der Waals surface area contributed by atoms with Gasteiger partial charge in [0.2, 0.25) is 0 Å². The lowest BCUT2D eigenvalue weighted by molar-refractivity contribution is -0.118. The van der Waals surface area contributed by atoms with Crippen molar-refractivity contribution in [1.82, 2.24) is 0 Å². The molecule has 1 fully saturated rings. The Kier molecular flexibility index (Phi) is 9.01. The number of carbonyl (C=O) groups excluding carboxylic acids is 2. The quantitative estimate of drug-likeness (QED) is 0.493. The van der Waals surface area contributed by atoms with Gasteiger partial charge < -0.3 is 15.6 Å². The summed E-state index contributed by atoms with van der Waals surface area (Å²) < 4.78 is 5.48. The molecule has 3 amide bonds. The van der Waals surface area contributed by atoms with Crippen molar-refractivity contribution in [3.63, 3.8) is 0 Å². The van der Waals surface area contributed by atoms with Crippen LogP contribution in [0, 0.1) is 5.92 Å². The zero-order valence-electron chi connectivity index (χ0n) is 22.3. The number of hydrogen-bond donors (Lipinski definition) is 2. The summed E-state index contributed by atoms with van der Waals surface area (Å²) in [5.41, 5.74) is 6.89. The van der Waals surface area contributed by atoms with Crippen LogP contribution in [0.5, 0.6) is 11.5 Å². The maximum Gasteiger partial charge on any atom is 0.336 e. The Morgan fingerprint density at radius 3 is 2.31 bits per heavy atom. The molecule has 1 atom stereocenters. The highest BCUT2D eigenvalue weighted by Crippen LogP contribution is 2.42. The van der Waals surface area contributed by atoms with Crippen LogP contribution in [-0.4, -0.2) is 36.7 Å². The van der Waals surface area contributed by atoms with Crippen molar-refractivity contribution in [2.45, 2.75) is 77.7 Å². The zero-order valence-corrected chi connectivity index (χ0v) is 22.3. The summed E-state index contributed by atoms with van der Waals surface area (Å²) in [6.07, 6.45) is 6.85. The van der Waals surface area contributed by atoms with E-state index in [0.29, 0.717) is 29.5 Å². The third-order valence-corrected chi connectivity index (χ3v) is 6.93. The van der Waals surface area contributed by atoms with Gasteiger partial charge in [-0.05, 0) is 42.9 Å². The number of hydrogen-bond acceptors (Lipinski definition) is 5. The predicted octanol–water partition coefficient (Wildman–Crippen LogP) is 5.98. The molecule has 0 aliphatic heterocycles. The molecule has 0 aromatic heterocycles.